The highest BCUT2D eigenvalue weighted by Gasteiger charge is 2.10. The molecule has 0 aliphatic heterocycles. The molecule has 0 saturated carbocycles. The van der Waals surface area contributed by atoms with Crippen molar-refractivity contribution in [3.8, 4) is 11.5 Å². The summed E-state index contributed by atoms with van der Waals surface area (Å²) in [4.78, 5) is 11.4. The third-order valence-corrected chi connectivity index (χ3v) is 3.43. The Morgan fingerprint density at radius 3 is 2.08 bits per heavy atom. The summed E-state index contributed by atoms with van der Waals surface area (Å²) in [6, 6.07) is 17.6. The Kier molecular flexibility index (Phi) is 5.52. The number of benzene rings is 3. The lowest BCUT2D eigenvalue weighted by molar-refractivity contribution is 0.0960. The Hall–Kier alpha value is -3.34. The zero-order valence-electron chi connectivity index (χ0n) is 13.2. The number of phenols is 2. The van der Waals surface area contributed by atoms with Crippen LogP contribution in [-0.2, 0) is 0 Å². The van der Waals surface area contributed by atoms with Crippen LogP contribution in [0.4, 0.5) is 0 Å². The molecule has 0 fully saturated rings. The van der Waals surface area contributed by atoms with Crippen LogP contribution >= 0.6 is 0 Å². The number of carbonyl (C=O) groups is 1. The molecule has 3 rings (SSSR count). The SMILES string of the molecule is CNC(=O)c1cc2ccccc2cc1O.N=Cc1ccccc1O. The van der Waals surface area contributed by atoms with Gasteiger partial charge in [-0.2, -0.15) is 0 Å². The van der Waals surface area contributed by atoms with Gasteiger partial charge in [0, 0.05) is 18.8 Å². The predicted molar refractivity (Wildman–Crippen MR) is 95.0 cm³/mol. The summed E-state index contributed by atoms with van der Waals surface area (Å²) in [5.74, 6) is -0.112. The van der Waals surface area contributed by atoms with E-state index in [9.17, 15) is 9.90 Å². The highest BCUT2D eigenvalue weighted by molar-refractivity contribution is 6.01. The summed E-state index contributed by atoms with van der Waals surface area (Å²) in [5, 5.41) is 29.8. The molecule has 0 aliphatic rings. The van der Waals surface area contributed by atoms with E-state index < -0.39 is 0 Å². The van der Waals surface area contributed by atoms with Crippen molar-refractivity contribution in [2.24, 2.45) is 0 Å². The second kappa shape index (κ2) is 7.78. The molecule has 5 nitrogen and oxygen atoms in total. The molecule has 24 heavy (non-hydrogen) atoms. The van der Waals surface area contributed by atoms with E-state index >= 15 is 0 Å². The molecule has 0 bridgehead atoms. The first kappa shape index (κ1) is 17.0. The minimum absolute atomic E-state index is 0.00745. The molecular weight excluding hydrogens is 304 g/mol. The third-order valence-electron chi connectivity index (χ3n) is 3.43. The van der Waals surface area contributed by atoms with E-state index in [0.29, 0.717) is 11.1 Å². The normalized spacial score (nSPS) is 9.71. The van der Waals surface area contributed by atoms with Gasteiger partial charge < -0.3 is 20.9 Å². The summed E-state index contributed by atoms with van der Waals surface area (Å²) in [7, 11) is 1.54. The summed E-state index contributed by atoms with van der Waals surface area (Å²) >= 11 is 0. The number of hydrogen-bond donors (Lipinski definition) is 4. The molecule has 3 aromatic carbocycles. The quantitative estimate of drug-likeness (QED) is 0.545. The van der Waals surface area contributed by atoms with Gasteiger partial charge in [-0.3, -0.25) is 4.79 Å². The molecule has 1 amide bonds. The van der Waals surface area contributed by atoms with Gasteiger partial charge in [0.15, 0.2) is 0 Å². The molecule has 0 unspecified atom stereocenters. The van der Waals surface area contributed by atoms with Gasteiger partial charge in [0.05, 0.1) is 5.56 Å². The molecule has 122 valence electrons. The van der Waals surface area contributed by atoms with E-state index in [4.69, 9.17) is 10.5 Å². The maximum atomic E-state index is 11.4. The summed E-state index contributed by atoms with van der Waals surface area (Å²) < 4.78 is 0. The first-order valence-electron chi connectivity index (χ1n) is 7.29. The van der Waals surface area contributed by atoms with Crippen LogP contribution in [0.25, 0.3) is 10.8 Å². The molecule has 0 aromatic heterocycles. The standard InChI is InChI=1S/C12H11NO2.C7H7NO/c1-13-12(15)10-6-8-4-2-3-5-9(8)7-11(10)14;8-5-6-3-1-2-4-7(6)9/h2-7,14H,1H3,(H,13,15);1-5,8-9H. The Morgan fingerprint density at radius 2 is 1.54 bits per heavy atom. The molecular formula is C19H18N2O3. The maximum Gasteiger partial charge on any atom is 0.254 e. The van der Waals surface area contributed by atoms with Crippen LogP contribution < -0.4 is 5.32 Å². The maximum absolute atomic E-state index is 11.4. The Bertz CT molecular complexity index is 875. The van der Waals surface area contributed by atoms with Crippen molar-refractivity contribution < 1.29 is 15.0 Å². The molecule has 0 radical (unpaired) electrons. The summed E-state index contributed by atoms with van der Waals surface area (Å²) in [6.45, 7) is 0. The minimum atomic E-state index is -0.279. The summed E-state index contributed by atoms with van der Waals surface area (Å²) in [5.41, 5.74) is 0.855. The molecule has 0 aliphatic carbocycles. The van der Waals surface area contributed by atoms with Gasteiger partial charge >= 0.3 is 0 Å². The first-order valence-corrected chi connectivity index (χ1v) is 7.29. The third kappa shape index (κ3) is 3.89. The fourth-order valence-corrected chi connectivity index (χ4v) is 2.15. The lowest BCUT2D eigenvalue weighted by Crippen LogP contribution is -2.17. The van der Waals surface area contributed by atoms with Crippen molar-refractivity contribution >= 4 is 22.9 Å². The number of amides is 1. The van der Waals surface area contributed by atoms with Gasteiger partial charge in [0.25, 0.3) is 5.91 Å². The number of carbonyl (C=O) groups excluding carboxylic acids is 1. The molecule has 3 aromatic rings. The highest BCUT2D eigenvalue weighted by Crippen LogP contribution is 2.24. The predicted octanol–water partition coefficient (Wildman–Crippen LogP) is 3.29. The number of fused-ring (bicyclic) bond motifs is 1. The number of rotatable bonds is 2. The van der Waals surface area contributed by atoms with E-state index in [-0.39, 0.29) is 17.4 Å². The van der Waals surface area contributed by atoms with Crippen molar-refractivity contribution in [3.63, 3.8) is 0 Å². The number of phenolic OH excluding ortho intramolecular Hbond substituents is 2. The second-order valence-electron chi connectivity index (χ2n) is 5.00. The molecule has 0 saturated heterocycles. The monoisotopic (exact) mass is 322 g/mol. The fourth-order valence-electron chi connectivity index (χ4n) is 2.15. The average Bonchev–Trinajstić information content (AvgIpc) is 2.61. The van der Waals surface area contributed by atoms with E-state index in [1.54, 1.807) is 36.4 Å². The van der Waals surface area contributed by atoms with Gasteiger partial charge in [-0.25, -0.2) is 0 Å². The summed E-state index contributed by atoms with van der Waals surface area (Å²) in [6.07, 6.45) is 1.12. The van der Waals surface area contributed by atoms with Crippen LogP contribution in [0.15, 0.2) is 60.7 Å². The molecule has 0 atom stereocenters. The van der Waals surface area contributed by atoms with Crippen LogP contribution in [-0.4, -0.2) is 29.4 Å². The van der Waals surface area contributed by atoms with Crippen LogP contribution in [0, 0.1) is 5.41 Å². The first-order chi connectivity index (χ1) is 11.6. The lowest BCUT2D eigenvalue weighted by Gasteiger charge is -2.05. The highest BCUT2D eigenvalue weighted by atomic mass is 16.3. The zero-order chi connectivity index (χ0) is 17.5. The van der Waals surface area contributed by atoms with Gasteiger partial charge in [-0.1, -0.05) is 36.4 Å². The molecule has 5 heteroatoms. The molecule has 0 heterocycles. The largest absolute Gasteiger partial charge is 0.507 e. The number of nitrogens with one attached hydrogen (secondary N) is 2. The average molecular weight is 322 g/mol. The molecule has 4 N–H and O–H groups in total. The van der Waals surface area contributed by atoms with Gasteiger partial charge in [0.2, 0.25) is 0 Å². The van der Waals surface area contributed by atoms with Crippen LogP contribution in [0.5, 0.6) is 11.5 Å². The topological polar surface area (TPSA) is 93.4 Å². The van der Waals surface area contributed by atoms with E-state index in [2.05, 4.69) is 5.32 Å². The lowest BCUT2D eigenvalue weighted by atomic mass is 10.1. The van der Waals surface area contributed by atoms with Gasteiger partial charge in [-0.05, 0) is 35.0 Å². The van der Waals surface area contributed by atoms with Crippen molar-refractivity contribution in [3.05, 3.63) is 71.8 Å². The van der Waals surface area contributed by atoms with E-state index in [1.807, 2.05) is 24.3 Å². The van der Waals surface area contributed by atoms with Crippen LogP contribution in [0.1, 0.15) is 15.9 Å². The zero-order valence-corrected chi connectivity index (χ0v) is 13.2. The van der Waals surface area contributed by atoms with Gasteiger partial charge in [0.1, 0.15) is 11.5 Å². The van der Waals surface area contributed by atoms with E-state index in [0.717, 1.165) is 17.0 Å². The van der Waals surface area contributed by atoms with Crippen molar-refractivity contribution in [1.82, 2.24) is 5.32 Å². The Labute approximate surface area is 139 Å². The van der Waals surface area contributed by atoms with Crippen LogP contribution in [0.3, 0.4) is 0 Å². The number of aromatic hydroxyl groups is 2. The Balaban J connectivity index is 0.000000198. The van der Waals surface area contributed by atoms with Gasteiger partial charge in [-0.15, -0.1) is 0 Å². The number of para-hydroxylation sites is 1. The molecule has 0 spiro atoms. The minimum Gasteiger partial charge on any atom is -0.507 e. The number of hydrogen-bond acceptors (Lipinski definition) is 4. The Morgan fingerprint density at radius 1 is 0.958 bits per heavy atom. The van der Waals surface area contributed by atoms with Crippen molar-refractivity contribution in [1.29, 1.82) is 5.41 Å². The van der Waals surface area contributed by atoms with Crippen molar-refractivity contribution in [2.45, 2.75) is 0 Å². The van der Waals surface area contributed by atoms with Crippen molar-refractivity contribution in [2.75, 3.05) is 7.05 Å². The van der Waals surface area contributed by atoms with E-state index in [1.165, 1.54) is 7.05 Å². The van der Waals surface area contributed by atoms with Crippen LogP contribution in [0.2, 0.25) is 0 Å². The second-order valence-corrected chi connectivity index (χ2v) is 5.00. The smallest absolute Gasteiger partial charge is 0.254 e. The fraction of sp³-hybridized carbons (Fsp3) is 0.0526.